The van der Waals surface area contributed by atoms with E-state index in [2.05, 4.69) is 10.6 Å². The first kappa shape index (κ1) is 17.4. The van der Waals surface area contributed by atoms with Crippen LogP contribution in [-0.4, -0.2) is 16.9 Å². The molecule has 5 heteroatoms. The van der Waals surface area contributed by atoms with Gasteiger partial charge in [-0.3, -0.25) is 9.59 Å². The van der Waals surface area contributed by atoms with Crippen molar-refractivity contribution in [2.24, 2.45) is 0 Å². The lowest BCUT2D eigenvalue weighted by Gasteiger charge is -2.11. The van der Waals surface area contributed by atoms with Crippen LogP contribution in [0.25, 0.3) is 6.08 Å². The lowest BCUT2D eigenvalue weighted by molar-refractivity contribution is -0.114. The number of hydrogen-bond donors (Lipinski definition) is 3. The zero-order valence-electron chi connectivity index (χ0n) is 13.6. The summed E-state index contributed by atoms with van der Waals surface area (Å²) in [7, 11) is 0. The van der Waals surface area contributed by atoms with E-state index in [-0.39, 0.29) is 11.8 Å². The van der Waals surface area contributed by atoms with Gasteiger partial charge in [0.1, 0.15) is 0 Å². The Bertz CT molecular complexity index is 749. The third-order valence-electron chi connectivity index (χ3n) is 3.33. The van der Waals surface area contributed by atoms with Crippen molar-refractivity contribution in [3.63, 3.8) is 0 Å². The van der Waals surface area contributed by atoms with Crippen molar-refractivity contribution in [1.29, 1.82) is 0 Å². The minimum Gasteiger partial charge on any atom is -0.389 e. The summed E-state index contributed by atoms with van der Waals surface area (Å²) < 4.78 is 0. The molecule has 0 aliphatic carbocycles. The predicted molar refractivity (Wildman–Crippen MR) is 95.5 cm³/mol. The van der Waals surface area contributed by atoms with E-state index >= 15 is 0 Å². The van der Waals surface area contributed by atoms with Gasteiger partial charge in [-0.15, -0.1) is 0 Å². The number of amides is 2. The van der Waals surface area contributed by atoms with E-state index in [0.29, 0.717) is 16.9 Å². The fourth-order valence-electron chi connectivity index (χ4n) is 2.20. The van der Waals surface area contributed by atoms with E-state index in [1.165, 1.54) is 13.0 Å². The molecule has 2 amide bonds. The topological polar surface area (TPSA) is 78.4 Å². The number of carbonyl (C=O) groups is 2. The molecule has 1 unspecified atom stereocenters. The van der Waals surface area contributed by atoms with Crippen LogP contribution >= 0.6 is 0 Å². The summed E-state index contributed by atoms with van der Waals surface area (Å²) in [4.78, 5) is 23.0. The maximum Gasteiger partial charge on any atom is 0.248 e. The van der Waals surface area contributed by atoms with Crippen molar-refractivity contribution in [3.05, 3.63) is 65.7 Å². The minimum atomic E-state index is -0.660. The quantitative estimate of drug-likeness (QED) is 0.738. The van der Waals surface area contributed by atoms with Crippen molar-refractivity contribution in [3.8, 4) is 0 Å². The Hall–Kier alpha value is -2.92. The number of aliphatic hydroxyl groups excluding tert-OH is 1. The van der Waals surface area contributed by atoms with Crippen LogP contribution in [0.2, 0.25) is 0 Å². The summed E-state index contributed by atoms with van der Waals surface area (Å²) in [5.41, 5.74) is 2.79. The zero-order chi connectivity index (χ0) is 17.5. The molecule has 2 aromatic rings. The standard InChI is InChI=1S/C19H20N2O3/c1-13(22)17-5-3-4-6-18(17)21-19(24)12-9-15-7-10-16(11-8-15)20-14(2)23/h3-13,22H,1-2H3,(H,20,23)(H,21,24)/b12-9+. The Morgan fingerprint density at radius 2 is 1.71 bits per heavy atom. The number of nitrogens with one attached hydrogen (secondary N) is 2. The molecule has 2 aromatic carbocycles. The lowest BCUT2D eigenvalue weighted by Crippen LogP contribution is -2.10. The minimum absolute atomic E-state index is 0.130. The van der Waals surface area contributed by atoms with Crippen LogP contribution in [0.1, 0.15) is 31.1 Å². The monoisotopic (exact) mass is 324 g/mol. The molecule has 0 heterocycles. The highest BCUT2D eigenvalue weighted by atomic mass is 16.3. The van der Waals surface area contributed by atoms with Gasteiger partial charge in [0.2, 0.25) is 11.8 Å². The molecule has 1 atom stereocenters. The highest BCUT2D eigenvalue weighted by molar-refractivity contribution is 6.02. The first-order chi connectivity index (χ1) is 11.5. The summed E-state index contributed by atoms with van der Waals surface area (Å²) in [6.45, 7) is 3.10. The number of para-hydroxylation sites is 1. The Balaban J connectivity index is 2.02. The van der Waals surface area contributed by atoms with Gasteiger partial charge >= 0.3 is 0 Å². The van der Waals surface area contributed by atoms with Crippen molar-refractivity contribution in [1.82, 2.24) is 0 Å². The maximum atomic E-state index is 12.0. The molecule has 124 valence electrons. The second kappa shape index (κ2) is 8.08. The van der Waals surface area contributed by atoms with Crippen molar-refractivity contribution in [2.45, 2.75) is 20.0 Å². The average Bonchev–Trinajstić information content (AvgIpc) is 2.54. The van der Waals surface area contributed by atoms with E-state index < -0.39 is 6.10 Å². The molecule has 0 radical (unpaired) electrons. The summed E-state index contributed by atoms with van der Waals surface area (Å²) >= 11 is 0. The van der Waals surface area contributed by atoms with Crippen LogP contribution in [-0.2, 0) is 9.59 Å². The molecule has 0 bridgehead atoms. The van der Waals surface area contributed by atoms with E-state index in [1.54, 1.807) is 55.5 Å². The molecule has 0 aromatic heterocycles. The molecule has 0 aliphatic rings. The van der Waals surface area contributed by atoms with E-state index in [9.17, 15) is 14.7 Å². The van der Waals surface area contributed by atoms with Gasteiger partial charge in [-0.25, -0.2) is 0 Å². The molecule has 0 saturated heterocycles. The zero-order valence-corrected chi connectivity index (χ0v) is 13.6. The largest absolute Gasteiger partial charge is 0.389 e. The second-order valence-corrected chi connectivity index (χ2v) is 5.39. The summed E-state index contributed by atoms with van der Waals surface area (Å²) in [5.74, 6) is -0.413. The van der Waals surface area contributed by atoms with Crippen molar-refractivity contribution in [2.75, 3.05) is 10.6 Å². The van der Waals surface area contributed by atoms with E-state index in [4.69, 9.17) is 0 Å². The van der Waals surface area contributed by atoms with Gasteiger partial charge in [-0.05, 0) is 36.8 Å². The molecule has 0 fully saturated rings. The summed E-state index contributed by atoms with van der Waals surface area (Å²) in [6, 6.07) is 14.3. The SMILES string of the molecule is CC(=O)Nc1ccc(/C=C/C(=O)Nc2ccccc2C(C)O)cc1. The molecule has 0 saturated carbocycles. The van der Waals surface area contributed by atoms with Gasteiger partial charge in [-0.1, -0.05) is 30.3 Å². The third kappa shape index (κ3) is 5.07. The van der Waals surface area contributed by atoms with Crippen LogP contribution in [0.15, 0.2) is 54.6 Å². The predicted octanol–water partition coefficient (Wildman–Crippen LogP) is 3.35. The fraction of sp³-hybridized carbons (Fsp3) is 0.158. The molecule has 3 N–H and O–H groups in total. The van der Waals surface area contributed by atoms with Gasteiger partial charge in [-0.2, -0.15) is 0 Å². The number of hydrogen-bond acceptors (Lipinski definition) is 3. The molecular weight excluding hydrogens is 304 g/mol. The van der Waals surface area contributed by atoms with E-state index in [0.717, 1.165) is 5.56 Å². The lowest BCUT2D eigenvalue weighted by atomic mass is 10.1. The summed E-state index contributed by atoms with van der Waals surface area (Å²) in [6.07, 6.45) is 2.44. The molecule has 2 rings (SSSR count). The maximum absolute atomic E-state index is 12.0. The normalized spacial score (nSPS) is 12.0. The van der Waals surface area contributed by atoms with Crippen LogP contribution < -0.4 is 10.6 Å². The fourth-order valence-corrected chi connectivity index (χ4v) is 2.20. The van der Waals surface area contributed by atoms with Crippen molar-refractivity contribution < 1.29 is 14.7 Å². The molecule has 0 aliphatic heterocycles. The summed E-state index contributed by atoms with van der Waals surface area (Å²) in [5, 5.41) is 15.2. The first-order valence-corrected chi connectivity index (χ1v) is 7.59. The Labute approximate surface area is 141 Å². The highest BCUT2D eigenvalue weighted by Gasteiger charge is 2.08. The van der Waals surface area contributed by atoms with Gasteiger partial charge in [0.05, 0.1) is 6.10 Å². The van der Waals surface area contributed by atoms with Crippen LogP contribution in [0.4, 0.5) is 11.4 Å². The smallest absolute Gasteiger partial charge is 0.248 e. The van der Waals surface area contributed by atoms with Crippen LogP contribution in [0.3, 0.4) is 0 Å². The number of rotatable bonds is 5. The van der Waals surface area contributed by atoms with Gasteiger partial charge in [0.25, 0.3) is 0 Å². The Morgan fingerprint density at radius 3 is 2.33 bits per heavy atom. The molecule has 5 nitrogen and oxygen atoms in total. The average molecular weight is 324 g/mol. The van der Waals surface area contributed by atoms with Crippen LogP contribution in [0.5, 0.6) is 0 Å². The third-order valence-corrected chi connectivity index (χ3v) is 3.33. The highest BCUT2D eigenvalue weighted by Crippen LogP contribution is 2.22. The molecular formula is C19H20N2O3. The number of carbonyl (C=O) groups excluding carboxylic acids is 2. The molecule has 24 heavy (non-hydrogen) atoms. The number of aliphatic hydroxyl groups is 1. The Kier molecular flexibility index (Phi) is 5.87. The number of benzene rings is 2. The Morgan fingerprint density at radius 1 is 1.04 bits per heavy atom. The van der Waals surface area contributed by atoms with Crippen LogP contribution in [0, 0.1) is 0 Å². The van der Waals surface area contributed by atoms with Gasteiger partial charge in [0, 0.05) is 29.9 Å². The first-order valence-electron chi connectivity index (χ1n) is 7.59. The second-order valence-electron chi connectivity index (χ2n) is 5.39. The van der Waals surface area contributed by atoms with E-state index in [1.807, 2.05) is 6.07 Å². The van der Waals surface area contributed by atoms with Crippen molar-refractivity contribution >= 4 is 29.3 Å². The number of anilines is 2. The molecule has 0 spiro atoms. The van der Waals surface area contributed by atoms with Gasteiger partial charge in [0.15, 0.2) is 0 Å². The van der Waals surface area contributed by atoms with Gasteiger partial charge < -0.3 is 15.7 Å².